The van der Waals surface area contributed by atoms with Crippen LogP contribution in [-0.2, 0) is 9.53 Å². The molecule has 0 radical (unpaired) electrons. The summed E-state index contributed by atoms with van der Waals surface area (Å²) in [6.07, 6.45) is -14.0. The maximum Gasteiger partial charge on any atom is 0.460 e. The highest BCUT2D eigenvalue weighted by Crippen LogP contribution is 2.64. The molecule has 0 saturated heterocycles. The number of fused-ring (bicyclic) bond motifs is 1. The van der Waals surface area contributed by atoms with Crippen molar-refractivity contribution in [2.45, 2.75) is 73.5 Å². The van der Waals surface area contributed by atoms with E-state index in [-0.39, 0.29) is 5.56 Å². The number of alkyl halides is 17. The zero-order chi connectivity index (χ0) is 33.0. The lowest BCUT2D eigenvalue weighted by Gasteiger charge is -2.42. The molecule has 2 rings (SSSR count). The molecule has 0 spiro atoms. The zero-order valence-corrected chi connectivity index (χ0v) is 20.3. The Hall–Kier alpha value is -3.02. The van der Waals surface area contributed by atoms with Crippen LogP contribution in [0.15, 0.2) is 42.5 Å². The van der Waals surface area contributed by atoms with Gasteiger partial charge in [-0.2, -0.15) is 74.6 Å². The van der Waals surface area contributed by atoms with E-state index in [1.807, 2.05) is 0 Å². The Morgan fingerprint density at radius 3 is 1.52 bits per heavy atom. The van der Waals surface area contributed by atoms with Crippen LogP contribution in [-0.4, -0.2) is 53.6 Å². The molecule has 0 fully saturated rings. The van der Waals surface area contributed by atoms with Gasteiger partial charge in [0, 0.05) is 6.42 Å². The van der Waals surface area contributed by atoms with Gasteiger partial charge >= 0.3 is 53.6 Å². The second-order valence-corrected chi connectivity index (χ2v) is 8.89. The summed E-state index contributed by atoms with van der Waals surface area (Å²) >= 11 is 0. The number of hydrogen-bond acceptors (Lipinski definition) is 2. The zero-order valence-electron chi connectivity index (χ0n) is 20.3. The van der Waals surface area contributed by atoms with Crippen molar-refractivity contribution in [3.63, 3.8) is 0 Å². The van der Waals surface area contributed by atoms with E-state index in [2.05, 4.69) is 4.74 Å². The molecule has 0 heterocycles. The van der Waals surface area contributed by atoms with Crippen molar-refractivity contribution < 1.29 is 84.2 Å². The Morgan fingerprint density at radius 1 is 0.619 bits per heavy atom. The molecule has 2 nitrogen and oxygen atoms in total. The second kappa shape index (κ2) is 10.6. The van der Waals surface area contributed by atoms with Crippen molar-refractivity contribution in [2.75, 3.05) is 0 Å². The number of halogens is 17. The lowest BCUT2D eigenvalue weighted by molar-refractivity contribution is -0.461. The monoisotopic (exact) mass is 646 g/mol. The Labute approximate surface area is 223 Å². The van der Waals surface area contributed by atoms with Gasteiger partial charge in [0.05, 0.1) is 6.42 Å². The molecule has 2 aromatic rings. The van der Waals surface area contributed by atoms with Gasteiger partial charge in [0.2, 0.25) is 0 Å². The van der Waals surface area contributed by atoms with Crippen molar-refractivity contribution in [1.29, 1.82) is 0 Å². The van der Waals surface area contributed by atoms with Crippen LogP contribution in [0.3, 0.4) is 0 Å². The molecule has 42 heavy (non-hydrogen) atoms. The van der Waals surface area contributed by atoms with Gasteiger partial charge in [0.1, 0.15) is 6.10 Å². The Morgan fingerprint density at radius 2 is 1.05 bits per heavy atom. The first-order valence-electron chi connectivity index (χ1n) is 11.0. The van der Waals surface area contributed by atoms with Crippen LogP contribution in [0, 0.1) is 0 Å². The highest BCUT2D eigenvalue weighted by atomic mass is 19.4. The van der Waals surface area contributed by atoms with E-state index in [1.165, 1.54) is 18.2 Å². The molecule has 0 saturated carbocycles. The molecule has 0 N–H and O–H groups in total. The molecule has 1 atom stereocenters. The van der Waals surface area contributed by atoms with Crippen molar-refractivity contribution in [1.82, 2.24) is 0 Å². The first-order chi connectivity index (χ1) is 18.6. The number of carbonyl (C=O) groups is 1. The maximum absolute atomic E-state index is 14.0. The van der Waals surface area contributed by atoms with E-state index in [1.54, 1.807) is 24.3 Å². The topological polar surface area (TPSA) is 26.3 Å². The average Bonchev–Trinajstić information content (AvgIpc) is 2.85. The normalized spacial score (nSPS) is 15.6. The summed E-state index contributed by atoms with van der Waals surface area (Å²) in [6, 6.07) is 10.8. The van der Waals surface area contributed by atoms with E-state index in [0.29, 0.717) is 10.8 Å². The van der Waals surface area contributed by atoms with E-state index in [4.69, 9.17) is 0 Å². The van der Waals surface area contributed by atoms with Gasteiger partial charge in [0.15, 0.2) is 0 Å². The third-order valence-corrected chi connectivity index (χ3v) is 5.98. The fraction of sp³-hybridized carbons (Fsp3) is 0.522. The minimum absolute atomic E-state index is 0.184. The summed E-state index contributed by atoms with van der Waals surface area (Å²) < 4.78 is 231. The molecular formula is C23H15F17O2. The molecule has 0 aliphatic rings. The minimum Gasteiger partial charge on any atom is -0.458 e. The van der Waals surface area contributed by atoms with Gasteiger partial charge < -0.3 is 4.74 Å². The van der Waals surface area contributed by atoms with E-state index < -0.39 is 72.5 Å². The fourth-order valence-electron chi connectivity index (χ4n) is 3.40. The van der Waals surface area contributed by atoms with Crippen molar-refractivity contribution in [3.8, 4) is 0 Å². The molecule has 0 amide bonds. The summed E-state index contributed by atoms with van der Waals surface area (Å²) in [7, 11) is 0. The van der Waals surface area contributed by atoms with Gasteiger partial charge in [-0.15, -0.1) is 0 Å². The molecule has 0 aromatic heterocycles. The number of esters is 1. The number of benzene rings is 2. The molecule has 2 aromatic carbocycles. The van der Waals surface area contributed by atoms with Gasteiger partial charge in [-0.25, -0.2) is 0 Å². The quantitative estimate of drug-likeness (QED) is 0.180. The van der Waals surface area contributed by atoms with Gasteiger partial charge in [-0.05, 0) is 29.3 Å². The SMILES string of the molecule is C[C@@H](OC(=O)CCC(F)(F)C(F)(F)C(F)(F)C(F)(F)C(F)(F)C(F)(F)C(F)(F)C(F)(F)F)c1ccc2ccccc2c1. The highest BCUT2D eigenvalue weighted by molar-refractivity contribution is 5.83. The third kappa shape index (κ3) is 5.42. The molecule has 0 aliphatic carbocycles. The first-order valence-corrected chi connectivity index (χ1v) is 11.0. The Kier molecular flexibility index (Phi) is 8.88. The number of carbonyl (C=O) groups excluding carboxylic acids is 1. The molecule has 238 valence electrons. The Bertz CT molecular complexity index is 1280. The van der Waals surface area contributed by atoms with Crippen LogP contribution < -0.4 is 0 Å². The molecular weight excluding hydrogens is 631 g/mol. The van der Waals surface area contributed by atoms with Crippen LogP contribution in [0.25, 0.3) is 10.8 Å². The third-order valence-electron chi connectivity index (χ3n) is 5.98. The summed E-state index contributed by atoms with van der Waals surface area (Å²) in [5.41, 5.74) is 0.184. The first kappa shape index (κ1) is 35.2. The van der Waals surface area contributed by atoms with Crippen molar-refractivity contribution in [3.05, 3.63) is 48.0 Å². The van der Waals surface area contributed by atoms with E-state index in [0.717, 1.165) is 6.92 Å². The average molecular weight is 646 g/mol. The van der Waals surface area contributed by atoms with Crippen LogP contribution in [0.5, 0.6) is 0 Å². The largest absolute Gasteiger partial charge is 0.460 e. The highest BCUT2D eigenvalue weighted by Gasteiger charge is 2.95. The van der Waals surface area contributed by atoms with Crippen LogP contribution >= 0.6 is 0 Å². The molecule has 19 heteroatoms. The second-order valence-electron chi connectivity index (χ2n) is 8.89. The maximum atomic E-state index is 14.0. The van der Waals surface area contributed by atoms with E-state index in [9.17, 15) is 79.4 Å². The molecule has 0 unspecified atom stereocenters. The summed E-state index contributed by atoms with van der Waals surface area (Å²) in [4.78, 5) is 11.9. The Balaban J connectivity index is 2.28. The summed E-state index contributed by atoms with van der Waals surface area (Å²) in [5, 5.41) is 1.26. The lowest BCUT2D eigenvalue weighted by Crippen LogP contribution is -2.74. The number of hydrogen-bond donors (Lipinski definition) is 0. The molecule has 0 aliphatic heterocycles. The van der Waals surface area contributed by atoms with Gasteiger partial charge in [-0.1, -0.05) is 36.4 Å². The van der Waals surface area contributed by atoms with Crippen molar-refractivity contribution in [2.24, 2.45) is 0 Å². The lowest BCUT2D eigenvalue weighted by atomic mass is 9.88. The predicted molar refractivity (Wildman–Crippen MR) is 108 cm³/mol. The smallest absolute Gasteiger partial charge is 0.458 e. The summed E-state index contributed by atoms with van der Waals surface area (Å²) in [6.45, 7) is 1.13. The van der Waals surface area contributed by atoms with E-state index >= 15 is 0 Å². The standard InChI is InChI=1S/C23H15F17O2/c1-11(13-7-6-12-4-2-3-5-14(12)10-13)42-15(41)8-9-16(24,25)17(26,27)18(28,29)19(30,31)20(32,33)21(34,35)22(36,37)23(38,39)40/h2-7,10-11H,8-9H2,1H3/t11-/m1/s1. The van der Waals surface area contributed by atoms with Crippen LogP contribution in [0.4, 0.5) is 74.6 Å². The van der Waals surface area contributed by atoms with Gasteiger partial charge in [-0.3, -0.25) is 4.79 Å². The predicted octanol–water partition coefficient (Wildman–Crippen LogP) is 9.23. The number of ether oxygens (including phenoxy) is 1. The molecule has 0 bridgehead atoms. The van der Waals surface area contributed by atoms with Crippen LogP contribution in [0.2, 0.25) is 0 Å². The fourth-order valence-corrected chi connectivity index (χ4v) is 3.40. The van der Waals surface area contributed by atoms with Gasteiger partial charge in [0.25, 0.3) is 0 Å². The summed E-state index contributed by atoms with van der Waals surface area (Å²) in [5.74, 6) is -58.9. The van der Waals surface area contributed by atoms with Crippen molar-refractivity contribution >= 4 is 16.7 Å². The number of rotatable bonds is 11. The minimum atomic E-state index is -8.70. The van der Waals surface area contributed by atoms with Crippen LogP contribution in [0.1, 0.15) is 31.4 Å².